The third-order valence-corrected chi connectivity index (χ3v) is 5.98. The first-order chi connectivity index (χ1) is 12.4. The second-order valence-corrected chi connectivity index (χ2v) is 8.16. The summed E-state index contributed by atoms with van der Waals surface area (Å²) in [7, 11) is 0. The fourth-order valence-corrected chi connectivity index (χ4v) is 4.91. The van der Waals surface area contributed by atoms with Crippen molar-refractivity contribution < 1.29 is 9.59 Å². The van der Waals surface area contributed by atoms with E-state index in [1.165, 1.54) is 16.2 Å². The number of thiophene rings is 1. The van der Waals surface area contributed by atoms with E-state index in [0.29, 0.717) is 22.0 Å². The van der Waals surface area contributed by atoms with Crippen LogP contribution in [0.15, 0.2) is 24.3 Å². The Bertz CT molecular complexity index is 889. The van der Waals surface area contributed by atoms with E-state index in [9.17, 15) is 9.59 Å². The maximum Gasteiger partial charge on any atom is 0.257 e. The Morgan fingerprint density at radius 1 is 1.31 bits per heavy atom. The molecule has 3 rings (SSSR count). The predicted molar refractivity (Wildman–Crippen MR) is 109 cm³/mol. The number of carbonyl (C=O) groups excluding carboxylic acids is 2. The molecule has 1 aromatic heterocycles. The van der Waals surface area contributed by atoms with E-state index in [1.807, 2.05) is 19.1 Å². The van der Waals surface area contributed by atoms with E-state index in [0.717, 1.165) is 30.4 Å². The van der Waals surface area contributed by atoms with Crippen LogP contribution in [0.1, 0.15) is 50.1 Å². The first kappa shape index (κ1) is 18.5. The summed E-state index contributed by atoms with van der Waals surface area (Å²) in [5.41, 5.74) is 8.56. The predicted octanol–water partition coefficient (Wildman–Crippen LogP) is 3.41. The van der Waals surface area contributed by atoms with Gasteiger partial charge in [0.15, 0.2) is 5.11 Å². The highest BCUT2D eigenvalue weighted by atomic mass is 32.1. The maximum absolute atomic E-state index is 12.4. The molecule has 1 heterocycles. The summed E-state index contributed by atoms with van der Waals surface area (Å²) >= 11 is 6.77. The Balaban J connectivity index is 1.78. The summed E-state index contributed by atoms with van der Waals surface area (Å²) in [4.78, 5) is 25.5. The van der Waals surface area contributed by atoms with Gasteiger partial charge in [-0.3, -0.25) is 14.9 Å². The average molecular weight is 388 g/mol. The summed E-state index contributed by atoms with van der Waals surface area (Å²) in [5, 5.41) is 6.45. The molecule has 0 fully saturated rings. The number of nitrogens with two attached hydrogens (primary N) is 1. The Hall–Kier alpha value is -2.25. The Kier molecular flexibility index (Phi) is 5.38. The van der Waals surface area contributed by atoms with Crippen LogP contribution >= 0.6 is 23.6 Å². The minimum absolute atomic E-state index is 0.160. The number of thiocarbonyl (C=S) groups is 1. The lowest BCUT2D eigenvalue weighted by molar-refractivity contribution is 0.0975. The molecule has 0 radical (unpaired) electrons. The summed E-state index contributed by atoms with van der Waals surface area (Å²) in [6, 6.07) is 7.29. The SMILES string of the molecule is Cc1ccccc1C(=O)NC(=S)Nc1sc2c(c1C(N)=O)CCC(C)C2. The third-order valence-electron chi connectivity index (χ3n) is 4.60. The molecule has 26 heavy (non-hydrogen) atoms. The van der Waals surface area contributed by atoms with Crippen molar-refractivity contribution >= 4 is 45.5 Å². The van der Waals surface area contributed by atoms with Crippen LogP contribution in [0, 0.1) is 12.8 Å². The van der Waals surface area contributed by atoms with Crippen molar-refractivity contribution in [1.29, 1.82) is 0 Å². The standard InChI is InChI=1S/C19H21N3O2S2/c1-10-7-8-13-14(9-10)26-18(15(13)16(20)23)22-19(25)21-17(24)12-6-4-3-5-11(12)2/h3-6,10H,7-9H2,1-2H3,(H2,20,23)(H2,21,22,24,25). The van der Waals surface area contributed by atoms with E-state index in [4.69, 9.17) is 18.0 Å². The summed E-state index contributed by atoms with van der Waals surface area (Å²) in [6.07, 6.45) is 2.82. The van der Waals surface area contributed by atoms with Crippen molar-refractivity contribution in [2.75, 3.05) is 5.32 Å². The van der Waals surface area contributed by atoms with Crippen LogP contribution in [-0.4, -0.2) is 16.9 Å². The molecule has 0 aliphatic heterocycles. The van der Waals surface area contributed by atoms with E-state index in [1.54, 1.807) is 12.1 Å². The molecule has 0 saturated heterocycles. The molecule has 2 amide bonds. The van der Waals surface area contributed by atoms with E-state index < -0.39 is 5.91 Å². The Morgan fingerprint density at radius 2 is 2.04 bits per heavy atom. The number of carbonyl (C=O) groups is 2. The van der Waals surface area contributed by atoms with Crippen LogP contribution in [0.3, 0.4) is 0 Å². The van der Waals surface area contributed by atoms with Crippen LogP contribution in [0.5, 0.6) is 0 Å². The third kappa shape index (κ3) is 3.78. The molecule has 2 aromatic rings. The van der Waals surface area contributed by atoms with Gasteiger partial charge in [-0.1, -0.05) is 25.1 Å². The number of hydrogen-bond donors (Lipinski definition) is 3. The quantitative estimate of drug-likeness (QED) is 0.705. The fourth-order valence-electron chi connectivity index (χ4n) is 3.23. The Labute approximate surface area is 162 Å². The van der Waals surface area contributed by atoms with Crippen LogP contribution in [0.4, 0.5) is 5.00 Å². The molecular weight excluding hydrogens is 366 g/mol. The van der Waals surface area contributed by atoms with Crippen LogP contribution in [0.25, 0.3) is 0 Å². The molecule has 136 valence electrons. The summed E-state index contributed by atoms with van der Waals surface area (Å²) < 4.78 is 0. The van der Waals surface area contributed by atoms with Crippen molar-refractivity contribution in [3.63, 3.8) is 0 Å². The maximum atomic E-state index is 12.4. The Morgan fingerprint density at radius 3 is 2.73 bits per heavy atom. The van der Waals surface area contributed by atoms with E-state index in [-0.39, 0.29) is 11.0 Å². The first-order valence-electron chi connectivity index (χ1n) is 8.49. The van der Waals surface area contributed by atoms with Gasteiger partial charge in [-0.25, -0.2) is 0 Å². The van der Waals surface area contributed by atoms with Gasteiger partial charge in [0, 0.05) is 10.4 Å². The molecule has 5 nitrogen and oxygen atoms in total. The molecule has 0 saturated carbocycles. The number of aryl methyl sites for hydroxylation is 1. The zero-order valence-corrected chi connectivity index (χ0v) is 16.4. The van der Waals surface area contributed by atoms with Crippen LogP contribution < -0.4 is 16.4 Å². The van der Waals surface area contributed by atoms with Gasteiger partial charge in [-0.2, -0.15) is 0 Å². The van der Waals surface area contributed by atoms with Crippen molar-refractivity contribution in [3.05, 3.63) is 51.4 Å². The smallest absolute Gasteiger partial charge is 0.257 e. The lowest BCUT2D eigenvalue weighted by Gasteiger charge is -2.18. The van der Waals surface area contributed by atoms with Crippen molar-refractivity contribution in [2.45, 2.75) is 33.1 Å². The molecule has 1 aromatic carbocycles. The fraction of sp³-hybridized carbons (Fsp3) is 0.316. The van der Waals surface area contributed by atoms with Gasteiger partial charge in [0.1, 0.15) is 5.00 Å². The lowest BCUT2D eigenvalue weighted by atomic mass is 9.88. The number of primary amides is 1. The van der Waals surface area contributed by atoms with Crippen LogP contribution in [-0.2, 0) is 12.8 Å². The van der Waals surface area contributed by atoms with Crippen molar-refractivity contribution in [2.24, 2.45) is 11.7 Å². The average Bonchev–Trinajstić information content (AvgIpc) is 2.91. The molecule has 7 heteroatoms. The minimum atomic E-state index is -0.465. The van der Waals surface area contributed by atoms with Gasteiger partial charge >= 0.3 is 0 Å². The molecule has 0 spiro atoms. The number of anilines is 1. The van der Waals surface area contributed by atoms with Crippen LogP contribution in [0.2, 0.25) is 0 Å². The largest absolute Gasteiger partial charge is 0.365 e. The van der Waals surface area contributed by atoms with Gasteiger partial charge in [-0.05, 0) is 61.5 Å². The first-order valence-corrected chi connectivity index (χ1v) is 9.71. The second-order valence-electron chi connectivity index (χ2n) is 6.64. The summed E-state index contributed by atoms with van der Waals surface area (Å²) in [5.74, 6) is -0.161. The highest BCUT2D eigenvalue weighted by molar-refractivity contribution is 7.80. The number of rotatable bonds is 3. The lowest BCUT2D eigenvalue weighted by Crippen LogP contribution is -2.34. The van der Waals surface area contributed by atoms with Gasteiger partial charge in [0.25, 0.3) is 11.8 Å². The molecule has 4 N–H and O–H groups in total. The van der Waals surface area contributed by atoms with Gasteiger partial charge in [0.2, 0.25) is 0 Å². The monoisotopic (exact) mass is 387 g/mol. The zero-order valence-electron chi connectivity index (χ0n) is 14.7. The van der Waals surface area contributed by atoms with Crippen molar-refractivity contribution in [1.82, 2.24) is 5.32 Å². The molecule has 1 aliphatic rings. The highest BCUT2D eigenvalue weighted by Gasteiger charge is 2.27. The van der Waals surface area contributed by atoms with E-state index in [2.05, 4.69) is 17.6 Å². The van der Waals surface area contributed by atoms with Crippen molar-refractivity contribution in [3.8, 4) is 0 Å². The highest BCUT2D eigenvalue weighted by Crippen LogP contribution is 2.39. The minimum Gasteiger partial charge on any atom is -0.365 e. The number of benzene rings is 1. The number of amides is 2. The summed E-state index contributed by atoms with van der Waals surface area (Å²) in [6.45, 7) is 4.07. The second kappa shape index (κ2) is 7.55. The molecule has 1 unspecified atom stereocenters. The molecule has 0 bridgehead atoms. The normalized spacial score (nSPS) is 15.8. The number of nitrogens with one attached hydrogen (secondary N) is 2. The van der Waals surface area contributed by atoms with Gasteiger partial charge < -0.3 is 11.1 Å². The molecular formula is C19H21N3O2S2. The zero-order chi connectivity index (χ0) is 18.8. The molecule has 1 aliphatic carbocycles. The van der Waals surface area contributed by atoms with E-state index >= 15 is 0 Å². The molecule has 1 atom stereocenters. The van der Waals surface area contributed by atoms with Gasteiger partial charge in [0.05, 0.1) is 5.56 Å². The van der Waals surface area contributed by atoms with Gasteiger partial charge in [-0.15, -0.1) is 11.3 Å². The topological polar surface area (TPSA) is 84.2 Å². The number of hydrogen-bond acceptors (Lipinski definition) is 4. The number of fused-ring (bicyclic) bond motifs is 1.